The lowest BCUT2D eigenvalue weighted by Crippen LogP contribution is -2.57. The molecule has 0 unspecified atom stereocenters. The van der Waals surface area contributed by atoms with Crippen LogP contribution in [0, 0.1) is 5.92 Å². The Kier molecular flexibility index (Phi) is 13.5. The quantitative estimate of drug-likeness (QED) is 0.106. The topological polar surface area (TPSA) is 214 Å². The van der Waals surface area contributed by atoms with Crippen molar-refractivity contribution < 1.29 is 64.5 Å². The number of allylic oxidation sites excluding steroid dienone is 1. The van der Waals surface area contributed by atoms with Gasteiger partial charge in [0.25, 0.3) is 5.91 Å². The molecule has 17 nitrogen and oxygen atoms in total. The van der Waals surface area contributed by atoms with Crippen molar-refractivity contribution >= 4 is 44.7 Å². The molecular formula is C46H55F3N6O11S. The minimum Gasteiger partial charge on any atom is -0.490 e. The first-order chi connectivity index (χ1) is 31.5. The molecule has 2 aliphatic carbocycles. The van der Waals surface area contributed by atoms with E-state index in [1.54, 1.807) is 51.4 Å². The Morgan fingerprint density at radius 3 is 2.37 bits per heavy atom. The van der Waals surface area contributed by atoms with E-state index in [0.717, 1.165) is 24.2 Å². The number of pyridine rings is 2. The number of ether oxygens (including phenoxy) is 5. The molecule has 4 aliphatic rings. The lowest BCUT2D eigenvalue weighted by atomic mass is 9.98. The molecule has 4 amide bonds. The van der Waals surface area contributed by atoms with Gasteiger partial charge in [0, 0.05) is 30.1 Å². The van der Waals surface area contributed by atoms with E-state index in [1.165, 1.54) is 25.1 Å². The molecular weight excluding hydrogens is 902 g/mol. The van der Waals surface area contributed by atoms with Gasteiger partial charge in [-0.15, -0.1) is 0 Å². The number of alkyl halides is 3. The number of hydrogen-bond acceptors (Lipinski definition) is 13. The van der Waals surface area contributed by atoms with E-state index in [2.05, 4.69) is 31.9 Å². The number of aromatic nitrogens is 2. The third-order valence-electron chi connectivity index (χ3n) is 12.1. The van der Waals surface area contributed by atoms with Crippen LogP contribution in [0.4, 0.5) is 18.0 Å². The third kappa shape index (κ3) is 10.6. The molecule has 67 heavy (non-hydrogen) atoms. The first-order valence-corrected chi connectivity index (χ1v) is 23.5. The Labute approximate surface area is 386 Å². The summed E-state index contributed by atoms with van der Waals surface area (Å²) in [5.41, 5.74) is -6.04. The molecule has 0 bridgehead atoms. The van der Waals surface area contributed by atoms with Crippen molar-refractivity contribution in [1.82, 2.24) is 30.2 Å². The molecule has 0 radical (unpaired) electrons. The zero-order valence-corrected chi connectivity index (χ0v) is 38.7. The number of carbonyl (C=O) groups excluding carboxylic acids is 4. The number of halogens is 3. The van der Waals surface area contributed by atoms with E-state index in [9.17, 15) is 40.8 Å². The van der Waals surface area contributed by atoms with Crippen LogP contribution in [0.2, 0.25) is 0 Å². The molecule has 3 fully saturated rings. The van der Waals surface area contributed by atoms with Crippen LogP contribution in [0.15, 0.2) is 67.0 Å². The fourth-order valence-electron chi connectivity index (χ4n) is 8.08. The number of amides is 4. The first kappa shape index (κ1) is 48.8. The highest BCUT2D eigenvalue weighted by molar-refractivity contribution is 7.91. The molecule has 7 rings (SSSR count). The number of alkyl carbamates (subject to hydrolysis) is 1. The Bertz CT molecular complexity index is 2570. The normalized spacial score (nSPS) is 22.9. The van der Waals surface area contributed by atoms with E-state index < -0.39 is 111 Å². The van der Waals surface area contributed by atoms with Crippen LogP contribution in [-0.2, 0) is 35.3 Å². The van der Waals surface area contributed by atoms with Crippen molar-refractivity contribution in [2.45, 2.75) is 113 Å². The summed E-state index contributed by atoms with van der Waals surface area (Å²) in [6, 6.07) is 6.02. The number of carbonyl (C=O) groups is 4. The molecule has 2 aromatic heterocycles. The van der Waals surface area contributed by atoms with Gasteiger partial charge in [0.15, 0.2) is 28.3 Å². The van der Waals surface area contributed by atoms with Crippen molar-refractivity contribution in [3.05, 3.63) is 72.7 Å². The van der Waals surface area contributed by atoms with E-state index in [-0.39, 0.29) is 41.2 Å². The van der Waals surface area contributed by atoms with Gasteiger partial charge in [-0.05, 0) is 89.3 Å². The summed E-state index contributed by atoms with van der Waals surface area (Å²) in [4.78, 5) is 64.4. The number of rotatable bonds is 17. The molecule has 1 aromatic carbocycles. The standard InChI is InChI=1S/C46H55F3N6O11S/c1-7-8-9-10-11-12-32-28(2)45(32,40(58)54-67(60,61)43(6)17-18-43)53-39(57)34-24-44(26-55(34)35(56)25-51-41(59)66-42(3,4)5)27-64-36-31-23-30(63-22-21-62-29-15-19-50-20-16-29)13-14-33(31)52-38(37(36)65-44)46(47,48)49/h11-16,19-20,23,32,34H,2,7-10,17-18,21-22,24-27H2,1,3-6H3,(H,51,59)(H,53,57)(H,54,58)/b12-11-/t32-,34+,44-,45-/m1/s1. The Morgan fingerprint density at radius 2 is 1.72 bits per heavy atom. The van der Waals surface area contributed by atoms with Crippen molar-refractivity contribution in [3.63, 3.8) is 0 Å². The lowest BCUT2D eigenvalue weighted by molar-refractivity contribution is -0.145. The average Bonchev–Trinajstić information content (AvgIpc) is 4.10. The zero-order chi connectivity index (χ0) is 48.6. The second-order valence-electron chi connectivity index (χ2n) is 18.5. The van der Waals surface area contributed by atoms with Gasteiger partial charge < -0.3 is 39.2 Å². The number of sulfonamides is 1. The average molecular weight is 957 g/mol. The molecule has 21 heteroatoms. The number of nitrogens with zero attached hydrogens (tertiary/aromatic N) is 3. The van der Waals surface area contributed by atoms with E-state index in [1.807, 2.05) is 13.0 Å². The van der Waals surface area contributed by atoms with Crippen LogP contribution >= 0.6 is 0 Å². The van der Waals surface area contributed by atoms with Crippen molar-refractivity contribution in [2.24, 2.45) is 5.92 Å². The summed E-state index contributed by atoms with van der Waals surface area (Å²) in [7, 11) is -4.20. The second-order valence-corrected chi connectivity index (χ2v) is 20.7. The molecule has 3 N–H and O–H groups in total. The van der Waals surface area contributed by atoms with Crippen LogP contribution < -0.4 is 34.3 Å². The van der Waals surface area contributed by atoms with Crippen molar-refractivity contribution in [2.75, 3.05) is 32.9 Å². The lowest BCUT2D eigenvalue weighted by Gasteiger charge is -2.36. The van der Waals surface area contributed by atoms with Crippen LogP contribution in [-0.4, -0.2) is 108 Å². The van der Waals surface area contributed by atoms with Gasteiger partial charge in [-0.25, -0.2) is 18.2 Å². The maximum absolute atomic E-state index is 14.9. The van der Waals surface area contributed by atoms with Gasteiger partial charge in [0.2, 0.25) is 21.8 Å². The molecule has 362 valence electrons. The van der Waals surface area contributed by atoms with E-state index in [0.29, 0.717) is 25.0 Å². The van der Waals surface area contributed by atoms with Crippen molar-refractivity contribution in [3.8, 4) is 23.0 Å². The van der Waals surface area contributed by atoms with Gasteiger partial charge >= 0.3 is 12.3 Å². The fraction of sp³-hybridized carbons (Fsp3) is 0.522. The second kappa shape index (κ2) is 18.5. The maximum atomic E-state index is 14.9. The Hall–Kier alpha value is -6.12. The first-order valence-electron chi connectivity index (χ1n) is 22.0. The zero-order valence-electron chi connectivity index (χ0n) is 37.9. The SMILES string of the molecule is C=C1[C@@H](/C=C\CCCCC)[C@@]1(NC(=O)[C@@H]1C[C@]2(COc3c(c(C(F)(F)F)nc4ccc(OCCOc5ccncc5)cc34)O2)CN1C(=O)CNC(=O)OC(C)(C)C)C(=O)NS(=O)(=O)C1(C)CC1. The number of hydrogen-bond donors (Lipinski definition) is 3. The molecule has 1 saturated heterocycles. The molecule has 2 aliphatic heterocycles. The number of fused-ring (bicyclic) bond motifs is 3. The van der Waals surface area contributed by atoms with Gasteiger partial charge in [-0.3, -0.25) is 24.1 Å². The number of unbranched alkanes of at least 4 members (excludes halogenated alkanes) is 3. The summed E-state index contributed by atoms with van der Waals surface area (Å²) in [5.74, 6) is -3.98. The third-order valence-corrected chi connectivity index (χ3v) is 14.2. The molecule has 4 atom stereocenters. The number of benzene rings is 1. The van der Waals surface area contributed by atoms with Crippen LogP contribution in [0.25, 0.3) is 10.9 Å². The predicted octanol–water partition coefficient (Wildman–Crippen LogP) is 5.92. The highest BCUT2D eigenvalue weighted by atomic mass is 32.2. The Balaban J connectivity index is 1.19. The Morgan fingerprint density at radius 1 is 1.01 bits per heavy atom. The van der Waals surface area contributed by atoms with Crippen LogP contribution in [0.5, 0.6) is 23.0 Å². The van der Waals surface area contributed by atoms with Gasteiger partial charge in [-0.2, -0.15) is 13.2 Å². The van der Waals surface area contributed by atoms with Gasteiger partial charge in [0.05, 0.1) is 16.8 Å². The number of likely N-dealkylation sites (tertiary alicyclic amines) is 1. The van der Waals surface area contributed by atoms with E-state index >= 15 is 0 Å². The van der Waals surface area contributed by atoms with Crippen LogP contribution in [0.1, 0.15) is 85.3 Å². The predicted molar refractivity (Wildman–Crippen MR) is 237 cm³/mol. The monoisotopic (exact) mass is 956 g/mol. The molecule has 4 heterocycles. The summed E-state index contributed by atoms with van der Waals surface area (Å²) in [6.45, 7) is 10.9. The summed E-state index contributed by atoms with van der Waals surface area (Å²) >= 11 is 0. The molecule has 3 aromatic rings. The smallest absolute Gasteiger partial charge is 0.437 e. The highest BCUT2D eigenvalue weighted by Crippen LogP contribution is 2.53. The number of nitrogens with one attached hydrogen (secondary N) is 3. The molecule has 1 spiro atoms. The fourth-order valence-corrected chi connectivity index (χ4v) is 9.37. The minimum absolute atomic E-state index is 0.0716. The summed E-state index contributed by atoms with van der Waals surface area (Å²) in [6.07, 6.45) is 4.15. The summed E-state index contributed by atoms with van der Waals surface area (Å²) in [5, 5.41) is 5.16. The largest absolute Gasteiger partial charge is 0.490 e. The van der Waals surface area contributed by atoms with Gasteiger partial charge in [-0.1, -0.05) is 38.5 Å². The summed E-state index contributed by atoms with van der Waals surface area (Å²) < 4.78 is 101. The van der Waals surface area contributed by atoms with Crippen molar-refractivity contribution in [1.29, 1.82) is 0 Å². The van der Waals surface area contributed by atoms with Crippen LogP contribution in [0.3, 0.4) is 0 Å². The van der Waals surface area contributed by atoms with E-state index in [4.69, 9.17) is 23.7 Å². The highest BCUT2D eigenvalue weighted by Gasteiger charge is 2.67. The van der Waals surface area contributed by atoms with Gasteiger partial charge in [0.1, 0.15) is 49.5 Å². The maximum Gasteiger partial charge on any atom is 0.437 e. The minimum atomic E-state index is -5.06. The molecule has 2 saturated carbocycles.